The third kappa shape index (κ3) is 4.66. The van der Waals surface area contributed by atoms with Crippen molar-refractivity contribution in [1.82, 2.24) is 10.2 Å². The van der Waals surface area contributed by atoms with Crippen LogP contribution >= 0.6 is 0 Å². The van der Waals surface area contributed by atoms with Gasteiger partial charge in [0.15, 0.2) is 9.84 Å². The number of ether oxygens (including phenoxy) is 1. The van der Waals surface area contributed by atoms with Crippen LogP contribution in [0.4, 0.5) is 0 Å². The molecule has 0 saturated carbocycles. The lowest BCUT2D eigenvalue weighted by Crippen LogP contribution is -2.57. The highest BCUT2D eigenvalue weighted by molar-refractivity contribution is 7.91. The second-order valence-corrected chi connectivity index (χ2v) is 8.34. The van der Waals surface area contributed by atoms with Crippen molar-refractivity contribution in [2.45, 2.75) is 51.7 Å². The van der Waals surface area contributed by atoms with E-state index in [-0.39, 0.29) is 29.6 Å². The summed E-state index contributed by atoms with van der Waals surface area (Å²) >= 11 is 0. The highest BCUT2D eigenvalue weighted by atomic mass is 32.2. The van der Waals surface area contributed by atoms with Crippen molar-refractivity contribution >= 4 is 15.8 Å². The molecule has 0 aromatic heterocycles. The van der Waals surface area contributed by atoms with Crippen molar-refractivity contribution in [1.29, 1.82) is 0 Å². The summed E-state index contributed by atoms with van der Waals surface area (Å²) in [5.41, 5.74) is -0.751. The Morgan fingerprint density at radius 3 is 2.62 bits per heavy atom. The fourth-order valence-electron chi connectivity index (χ4n) is 3.22. The maximum Gasteiger partial charge on any atom is 0.325 e. The number of likely N-dealkylation sites (N-methyl/N-ethyl adjacent to an activating group) is 1. The molecule has 6 nitrogen and oxygen atoms in total. The molecule has 0 radical (unpaired) electrons. The molecule has 1 rings (SSSR count). The lowest BCUT2D eigenvalue weighted by Gasteiger charge is -2.41. The SMILES string of the molecule is CCNC(C)(CC(C)N1CCS(=O)(=O)CC1C)C(=O)OC. The molecule has 21 heavy (non-hydrogen) atoms. The van der Waals surface area contributed by atoms with Gasteiger partial charge in [0.25, 0.3) is 0 Å². The van der Waals surface area contributed by atoms with E-state index in [2.05, 4.69) is 10.2 Å². The number of nitrogens with zero attached hydrogens (tertiary/aromatic N) is 1. The largest absolute Gasteiger partial charge is 0.468 e. The Labute approximate surface area is 128 Å². The average Bonchev–Trinajstić information content (AvgIpc) is 2.36. The van der Waals surface area contributed by atoms with E-state index in [1.54, 1.807) is 0 Å². The minimum atomic E-state index is -2.92. The van der Waals surface area contributed by atoms with Gasteiger partial charge in [0.1, 0.15) is 5.54 Å². The Balaban J connectivity index is 2.78. The molecular formula is C14H28N2O4S. The second-order valence-electron chi connectivity index (χ2n) is 6.11. The van der Waals surface area contributed by atoms with Crippen LogP contribution in [0.3, 0.4) is 0 Å². The third-order valence-electron chi connectivity index (χ3n) is 4.19. The van der Waals surface area contributed by atoms with Crippen molar-refractivity contribution in [3.05, 3.63) is 0 Å². The lowest BCUT2D eigenvalue weighted by atomic mass is 9.92. The predicted octanol–water partition coefficient (Wildman–Crippen LogP) is 0.425. The molecule has 1 aliphatic rings. The van der Waals surface area contributed by atoms with E-state index in [0.717, 1.165) is 0 Å². The van der Waals surface area contributed by atoms with Gasteiger partial charge in [-0.1, -0.05) is 6.92 Å². The zero-order valence-electron chi connectivity index (χ0n) is 13.7. The summed E-state index contributed by atoms with van der Waals surface area (Å²) in [4.78, 5) is 14.2. The van der Waals surface area contributed by atoms with Crippen LogP contribution < -0.4 is 5.32 Å². The first-order valence-electron chi connectivity index (χ1n) is 7.45. The molecule has 7 heteroatoms. The van der Waals surface area contributed by atoms with Crippen molar-refractivity contribution in [3.8, 4) is 0 Å². The van der Waals surface area contributed by atoms with Gasteiger partial charge in [-0.05, 0) is 33.7 Å². The molecule has 0 aromatic rings. The van der Waals surface area contributed by atoms with Crippen LogP contribution in [0, 0.1) is 0 Å². The smallest absolute Gasteiger partial charge is 0.325 e. The number of carbonyl (C=O) groups is 1. The van der Waals surface area contributed by atoms with Gasteiger partial charge >= 0.3 is 5.97 Å². The van der Waals surface area contributed by atoms with Crippen LogP contribution in [-0.2, 0) is 19.4 Å². The van der Waals surface area contributed by atoms with Crippen LogP contribution in [0.1, 0.15) is 34.1 Å². The van der Waals surface area contributed by atoms with Gasteiger partial charge in [-0.2, -0.15) is 0 Å². The maximum atomic E-state index is 12.0. The fraction of sp³-hybridized carbons (Fsp3) is 0.929. The minimum Gasteiger partial charge on any atom is -0.468 e. The fourth-order valence-corrected chi connectivity index (χ4v) is 4.80. The molecule has 0 spiro atoms. The number of hydrogen-bond donors (Lipinski definition) is 1. The molecule has 0 aliphatic carbocycles. The Morgan fingerprint density at radius 1 is 1.52 bits per heavy atom. The van der Waals surface area contributed by atoms with E-state index in [4.69, 9.17) is 4.74 Å². The number of nitrogens with one attached hydrogen (secondary N) is 1. The average molecular weight is 320 g/mol. The van der Waals surface area contributed by atoms with Crippen LogP contribution in [0.5, 0.6) is 0 Å². The summed E-state index contributed by atoms with van der Waals surface area (Å²) in [6.45, 7) is 8.94. The molecule has 1 fully saturated rings. The van der Waals surface area contributed by atoms with Gasteiger partial charge in [0.2, 0.25) is 0 Å². The lowest BCUT2D eigenvalue weighted by molar-refractivity contribution is -0.148. The first kappa shape index (κ1) is 18.4. The second kappa shape index (κ2) is 7.07. The van der Waals surface area contributed by atoms with Crippen LogP contribution in [0.2, 0.25) is 0 Å². The van der Waals surface area contributed by atoms with Gasteiger partial charge in [0.05, 0.1) is 18.6 Å². The number of carbonyl (C=O) groups excluding carboxylic acids is 1. The molecule has 1 aliphatic heterocycles. The van der Waals surface area contributed by atoms with Crippen molar-refractivity contribution in [2.24, 2.45) is 0 Å². The number of hydrogen-bond acceptors (Lipinski definition) is 6. The molecule has 0 amide bonds. The summed E-state index contributed by atoms with van der Waals surface area (Å²) in [5.74, 6) is 0.0965. The summed E-state index contributed by atoms with van der Waals surface area (Å²) in [6, 6.07) is 0.0703. The van der Waals surface area contributed by atoms with E-state index in [1.165, 1.54) is 7.11 Å². The first-order valence-corrected chi connectivity index (χ1v) is 9.27. The summed E-state index contributed by atoms with van der Waals surface area (Å²) < 4.78 is 28.2. The highest BCUT2D eigenvalue weighted by Gasteiger charge is 2.39. The van der Waals surface area contributed by atoms with Crippen LogP contribution in [0.25, 0.3) is 0 Å². The van der Waals surface area contributed by atoms with Gasteiger partial charge in [-0.15, -0.1) is 0 Å². The Hall–Kier alpha value is -0.660. The Bertz CT molecular complexity index is 466. The molecule has 1 saturated heterocycles. The maximum absolute atomic E-state index is 12.0. The zero-order valence-corrected chi connectivity index (χ0v) is 14.5. The third-order valence-corrected chi connectivity index (χ3v) is 5.99. The predicted molar refractivity (Wildman–Crippen MR) is 83.0 cm³/mol. The molecule has 3 atom stereocenters. The number of sulfone groups is 1. The number of esters is 1. The van der Waals surface area contributed by atoms with Gasteiger partial charge < -0.3 is 10.1 Å². The van der Waals surface area contributed by atoms with E-state index in [9.17, 15) is 13.2 Å². The summed E-state index contributed by atoms with van der Waals surface area (Å²) in [7, 11) is -1.53. The minimum absolute atomic E-state index is 0.0257. The first-order chi connectivity index (χ1) is 9.65. The van der Waals surface area contributed by atoms with Gasteiger partial charge in [0, 0.05) is 18.6 Å². The van der Waals surface area contributed by atoms with Gasteiger partial charge in [-0.25, -0.2) is 8.42 Å². The van der Waals surface area contributed by atoms with Crippen molar-refractivity contribution in [3.63, 3.8) is 0 Å². The van der Waals surface area contributed by atoms with E-state index >= 15 is 0 Å². The number of rotatable bonds is 6. The van der Waals surface area contributed by atoms with E-state index in [1.807, 2.05) is 27.7 Å². The van der Waals surface area contributed by atoms with Crippen molar-refractivity contribution in [2.75, 3.05) is 31.7 Å². The Morgan fingerprint density at radius 2 is 2.14 bits per heavy atom. The highest BCUT2D eigenvalue weighted by Crippen LogP contribution is 2.22. The van der Waals surface area contributed by atoms with Crippen LogP contribution in [-0.4, -0.2) is 68.6 Å². The Kier molecular flexibility index (Phi) is 6.19. The number of methoxy groups -OCH3 is 1. The molecule has 1 N–H and O–H groups in total. The van der Waals surface area contributed by atoms with Gasteiger partial charge in [-0.3, -0.25) is 9.69 Å². The molecule has 0 aromatic carbocycles. The molecule has 124 valence electrons. The molecule has 0 bridgehead atoms. The monoisotopic (exact) mass is 320 g/mol. The normalized spacial score (nSPS) is 26.8. The van der Waals surface area contributed by atoms with Crippen molar-refractivity contribution < 1.29 is 17.9 Å². The summed E-state index contributed by atoms with van der Waals surface area (Å²) in [5, 5.41) is 3.19. The standard InChI is InChI=1S/C14H28N2O4S/c1-6-15-14(4,13(17)20-5)9-11(2)16-7-8-21(18,19)10-12(16)3/h11-12,15H,6-10H2,1-5H3. The van der Waals surface area contributed by atoms with E-state index < -0.39 is 15.4 Å². The zero-order chi connectivity index (χ0) is 16.3. The molecular weight excluding hydrogens is 292 g/mol. The summed E-state index contributed by atoms with van der Waals surface area (Å²) in [6.07, 6.45) is 0.581. The van der Waals surface area contributed by atoms with E-state index in [0.29, 0.717) is 19.5 Å². The topological polar surface area (TPSA) is 75.7 Å². The molecule has 1 heterocycles. The quantitative estimate of drug-likeness (QED) is 0.715. The molecule has 3 unspecified atom stereocenters. The van der Waals surface area contributed by atoms with Crippen LogP contribution in [0.15, 0.2) is 0 Å².